The third-order valence-corrected chi connectivity index (χ3v) is 4.04. The lowest BCUT2D eigenvalue weighted by Gasteiger charge is -2.38. The quantitative estimate of drug-likeness (QED) is 0.928. The molecule has 3 nitrogen and oxygen atoms in total. The first-order valence-corrected chi connectivity index (χ1v) is 7.37. The smallest absolute Gasteiger partial charge is 0.241 e. The number of rotatable bonds is 3. The van der Waals surface area contributed by atoms with Crippen LogP contribution in [0.1, 0.15) is 27.2 Å². The van der Waals surface area contributed by atoms with Crippen molar-refractivity contribution in [2.75, 3.05) is 18.4 Å². The highest BCUT2D eigenvalue weighted by molar-refractivity contribution is 5.94. The molecular formula is C16H22F2N2O. The number of nitrogens with one attached hydrogen (secondary N) is 1. The van der Waals surface area contributed by atoms with Gasteiger partial charge in [-0.3, -0.25) is 9.69 Å². The predicted molar refractivity (Wildman–Crippen MR) is 79.0 cm³/mol. The van der Waals surface area contributed by atoms with Gasteiger partial charge in [-0.2, -0.15) is 0 Å². The molecule has 0 aromatic heterocycles. The van der Waals surface area contributed by atoms with E-state index in [1.807, 2.05) is 0 Å². The summed E-state index contributed by atoms with van der Waals surface area (Å²) >= 11 is 0. The Kier molecular flexibility index (Phi) is 4.93. The van der Waals surface area contributed by atoms with E-state index in [0.717, 1.165) is 31.6 Å². The van der Waals surface area contributed by atoms with Crippen LogP contribution in [0, 0.1) is 23.5 Å². The maximum Gasteiger partial charge on any atom is 0.241 e. The first-order valence-electron chi connectivity index (χ1n) is 7.37. The molecule has 1 heterocycles. The van der Waals surface area contributed by atoms with E-state index in [1.165, 1.54) is 6.07 Å². The molecule has 116 valence electrons. The van der Waals surface area contributed by atoms with Crippen LogP contribution in [0.4, 0.5) is 14.5 Å². The fourth-order valence-electron chi connectivity index (χ4n) is 3.04. The number of carbonyl (C=O) groups excluding carboxylic acids is 1. The van der Waals surface area contributed by atoms with Crippen LogP contribution in [0.5, 0.6) is 0 Å². The van der Waals surface area contributed by atoms with Crippen LogP contribution in [0.25, 0.3) is 0 Å². The van der Waals surface area contributed by atoms with Gasteiger partial charge in [-0.15, -0.1) is 0 Å². The second-order valence-corrected chi connectivity index (χ2v) is 6.16. The summed E-state index contributed by atoms with van der Waals surface area (Å²) in [6, 6.07) is 3.13. The minimum atomic E-state index is -0.754. The molecule has 1 aromatic carbocycles. The Labute approximate surface area is 124 Å². The Balaban J connectivity index is 2.06. The lowest BCUT2D eigenvalue weighted by molar-refractivity contribution is -0.121. The van der Waals surface area contributed by atoms with Crippen molar-refractivity contribution in [1.29, 1.82) is 0 Å². The maximum atomic E-state index is 13.6. The summed E-state index contributed by atoms with van der Waals surface area (Å²) in [5.74, 6) is -0.837. The highest BCUT2D eigenvalue weighted by atomic mass is 19.1. The average molecular weight is 296 g/mol. The van der Waals surface area contributed by atoms with E-state index in [0.29, 0.717) is 11.8 Å². The molecule has 0 radical (unpaired) electrons. The van der Waals surface area contributed by atoms with Gasteiger partial charge in [0.15, 0.2) is 0 Å². The number of anilines is 1. The zero-order valence-electron chi connectivity index (χ0n) is 12.7. The normalized spacial score (nSPS) is 24.6. The van der Waals surface area contributed by atoms with E-state index < -0.39 is 17.7 Å². The first kappa shape index (κ1) is 15.9. The lowest BCUT2D eigenvalue weighted by atomic mass is 9.91. The van der Waals surface area contributed by atoms with Gasteiger partial charge in [0.2, 0.25) is 5.91 Å². The van der Waals surface area contributed by atoms with Crippen LogP contribution in [0.15, 0.2) is 18.2 Å². The summed E-state index contributed by atoms with van der Waals surface area (Å²) in [5.41, 5.74) is -0.368. The Morgan fingerprint density at radius 2 is 1.76 bits per heavy atom. The third-order valence-electron chi connectivity index (χ3n) is 4.04. The molecule has 0 unspecified atom stereocenters. The van der Waals surface area contributed by atoms with Gasteiger partial charge in [0.25, 0.3) is 0 Å². The fourth-order valence-corrected chi connectivity index (χ4v) is 3.04. The molecule has 1 aliphatic rings. The Morgan fingerprint density at radius 1 is 1.24 bits per heavy atom. The fraction of sp³-hybridized carbons (Fsp3) is 0.562. The summed E-state index contributed by atoms with van der Waals surface area (Å²) < 4.78 is 27.1. The van der Waals surface area contributed by atoms with E-state index in [4.69, 9.17) is 0 Å². The van der Waals surface area contributed by atoms with Crippen molar-refractivity contribution in [3.05, 3.63) is 29.8 Å². The van der Waals surface area contributed by atoms with E-state index in [1.54, 1.807) is 6.92 Å². The lowest BCUT2D eigenvalue weighted by Crippen LogP contribution is -2.48. The number of para-hydroxylation sites is 1. The molecular weight excluding hydrogens is 274 g/mol. The van der Waals surface area contributed by atoms with Crippen LogP contribution in [0.2, 0.25) is 0 Å². The molecule has 21 heavy (non-hydrogen) atoms. The zero-order chi connectivity index (χ0) is 15.6. The van der Waals surface area contributed by atoms with Crippen LogP contribution in [-0.2, 0) is 4.79 Å². The van der Waals surface area contributed by atoms with Gasteiger partial charge >= 0.3 is 0 Å². The van der Waals surface area contributed by atoms with Gasteiger partial charge in [0.1, 0.15) is 17.3 Å². The van der Waals surface area contributed by atoms with Crippen molar-refractivity contribution in [1.82, 2.24) is 4.90 Å². The minimum absolute atomic E-state index is 0.368. The molecule has 0 aliphatic carbocycles. The third kappa shape index (κ3) is 3.79. The summed E-state index contributed by atoms with van der Waals surface area (Å²) in [5, 5.41) is 2.37. The molecule has 1 aliphatic heterocycles. The highest BCUT2D eigenvalue weighted by Gasteiger charge is 2.29. The number of likely N-dealkylation sites (tertiary alicyclic amines) is 1. The molecule has 0 saturated carbocycles. The Hall–Kier alpha value is -1.49. The van der Waals surface area contributed by atoms with Crippen molar-refractivity contribution in [2.45, 2.75) is 33.2 Å². The summed E-state index contributed by atoms with van der Waals surface area (Å²) in [7, 11) is 0. The van der Waals surface area contributed by atoms with Crippen molar-refractivity contribution < 1.29 is 13.6 Å². The standard InChI is InChI=1S/C16H22F2N2O/c1-10-7-11(2)9-20(8-10)12(3)16(21)19-15-13(17)5-4-6-14(15)18/h4-6,10-12H,7-9H2,1-3H3,(H,19,21)/t10-,11+,12-/m0/s1. The number of piperidine rings is 1. The molecule has 1 N–H and O–H groups in total. The van der Waals surface area contributed by atoms with Gasteiger partial charge in [0, 0.05) is 13.1 Å². The molecule has 3 atom stereocenters. The minimum Gasteiger partial charge on any atom is -0.320 e. The monoisotopic (exact) mass is 296 g/mol. The van der Waals surface area contributed by atoms with Crippen LogP contribution < -0.4 is 5.32 Å². The molecule has 1 fully saturated rings. The van der Waals surface area contributed by atoms with E-state index in [9.17, 15) is 13.6 Å². The number of carbonyl (C=O) groups is 1. The molecule has 1 amide bonds. The molecule has 0 spiro atoms. The van der Waals surface area contributed by atoms with Crippen molar-refractivity contribution in [3.63, 3.8) is 0 Å². The average Bonchev–Trinajstić information content (AvgIpc) is 2.41. The van der Waals surface area contributed by atoms with Crippen LogP contribution >= 0.6 is 0 Å². The second-order valence-electron chi connectivity index (χ2n) is 6.16. The molecule has 0 bridgehead atoms. The Morgan fingerprint density at radius 3 is 2.29 bits per heavy atom. The van der Waals surface area contributed by atoms with Crippen molar-refractivity contribution in [2.24, 2.45) is 11.8 Å². The molecule has 1 aromatic rings. The number of hydrogen-bond donors (Lipinski definition) is 1. The van der Waals surface area contributed by atoms with Crippen molar-refractivity contribution in [3.8, 4) is 0 Å². The number of nitrogens with zero attached hydrogens (tertiary/aromatic N) is 1. The van der Waals surface area contributed by atoms with Gasteiger partial charge in [-0.25, -0.2) is 8.78 Å². The predicted octanol–water partition coefficient (Wildman–Crippen LogP) is 3.27. The van der Waals surface area contributed by atoms with E-state index >= 15 is 0 Å². The van der Waals surface area contributed by atoms with Crippen molar-refractivity contribution >= 4 is 11.6 Å². The van der Waals surface area contributed by atoms with E-state index in [2.05, 4.69) is 24.1 Å². The number of halogens is 2. The van der Waals surface area contributed by atoms with Gasteiger partial charge < -0.3 is 5.32 Å². The van der Waals surface area contributed by atoms with Gasteiger partial charge in [0.05, 0.1) is 6.04 Å². The number of benzene rings is 1. The zero-order valence-corrected chi connectivity index (χ0v) is 12.7. The number of hydrogen-bond acceptors (Lipinski definition) is 2. The SMILES string of the molecule is C[C@@H]1C[C@H](C)CN([C@@H](C)C(=O)Nc2c(F)cccc2F)C1. The summed E-state index contributed by atoms with van der Waals surface area (Å²) in [4.78, 5) is 14.3. The van der Waals surface area contributed by atoms with Gasteiger partial charge in [-0.1, -0.05) is 19.9 Å². The summed E-state index contributed by atoms with van der Waals surface area (Å²) in [6.45, 7) is 7.75. The van der Waals surface area contributed by atoms with Gasteiger partial charge in [-0.05, 0) is 37.3 Å². The Bertz CT molecular complexity index is 491. The molecule has 5 heteroatoms. The van der Waals surface area contributed by atoms with Crippen LogP contribution in [0.3, 0.4) is 0 Å². The van der Waals surface area contributed by atoms with Crippen LogP contribution in [-0.4, -0.2) is 29.9 Å². The summed E-state index contributed by atoms with van der Waals surface area (Å²) in [6.07, 6.45) is 1.15. The number of amides is 1. The highest BCUT2D eigenvalue weighted by Crippen LogP contribution is 2.24. The molecule has 1 saturated heterocycles. The second kappa shape index (κ2) is 6.52. The maximum absolute atomic E-state index is 13.6. The molecule has 2 rings (SSSR count). The topological polar surface area (TPSA) is 32.3 Å². The van der Waals surface area contributed by atoms with E-state index in [-0.39, 0.29) is 11.6 Å². The first-order chi connectivity index (χ1) is 9.88. The largest absolute Gasteiger partial charge is 0.320 e.